The van der Waals surface area contributed by atoms with Crippen LogP contribution in [0.15, 0.2) is 79.1 Å². The first-order chi connectivity index (χ1) is 16.8. The third-order valence-electron chi connectivity index (χ3n) is 4.58. The summed E-state index contributed by atoms with van der Waals surface area (Å²) in [6, 6.07) is 15.4. The van der Waals surface area contributed by atoms with E-state index in [1.165, 1.54) is 30.5 Å². The van der Waals surface area contributed by atoms with Crippen LogP contribution in [0.3, 0.4) is 0 Å². The van der Waals surface area contributed by atoms with E-state index in [9.17, 15) is 14.0 Å². The minimum atomic E-state index is -0.515. The van der Waals surface area contributed by atoms with E-state index >= 15 is 0 Å². The van der Waals surface area contributed by atoms with E-state index in [1.54, 1.807) is 24.3 Å². The van der Waals surface area contributed by atoms with Gasteiger partial charge in [-0.05, 0) is 82.2 Å². The van der Waals surface area contributed by atoms with E-state index in [0.717, 1.165) is 9.86 Å². The molecule has 0 unspecified atom stereocenters. The van der Waals surface area contributed by atoms with E-state index in [0.29, 0.717) is 27.1 Å². The normalized spacial score (nSPS) is 11.1. The van der Waals surface area contributed by atoms with Gasteiger partial charge >= 0.3 is 5.91 Å². The van der Waals surface area contributed by atoms with Crippen molar-refractivity contribution >= 4 is 78.1 Å². The number of carbonyl (C=O) groups is 2. The fourth-order valence-electron chi connectivity index (χ4n) is 3.00. The van der Waals surface area contributed by atoms with Gasteiger partial charge in [0.25, 0.3) is 5.91 Å². The molecule has 1 heterocycles. The number of amides is 2. The smallest absolute Gasteiger partial charge is 0.307 e. The molecule has 0 saturated carbocycles. The summed E-state index contributed by atoms with van der Waals surface area (Å²) < 4.78 is 25.6. The van der Waals surface area contributed by atoms with Crippen LogP contribution in [0.2, 0.25) is 5.02 Å². The maximum absolute atomic E-state index is 12.9. The summed E-state index contributed by atoms with van der Waals surface area (Å²) >= 11 is 13.0. The third kappa shape index (κ3) is 6.47. The van der Waals surface area contributed by atoms with Gasteiger partial charge in [-0.2, -0.15) is 5.10 Å². The summed E-state index contributed by atoms with van der Waals surface area (Å²) in [5, 5.41) is 7.53. The van der Waals surface area contributed by atoms with Gasteiger partial charge in [0.1, 0.15) is 17.1 Å². The highest BCUT2D eigenvalue weighted by Gasteiger charge is 2.14. The van der Waals surface area contributed by atoms with Gasteiger partial charge in [-0.15, -0.1) is 0 Å². The SMILES string of the molecule is O=C(COc1ccc(/C=N\NC(=O)c2cc3cc(Br)cc(Br)c3o2)cc1Cl)Nc1ccc(F)cc1. The predicted molar refractivity (Wildman–Crippen MR) is 139 cm³/mol. The van der Waals surface area contributed by atoms with Gasteiger partial charge in [0.2, 0.25) is 0 Å². The first-order valence-electron chi connectivity index (χ1n) is 9.98. The lowest BCUT2D eigenvalue weighted by Crippen LogP contribution is -2.20. The second-order valence-electron chi connectivity index (χ2n) is 7.15. The minimum Gasteiger partial charge on any atom is -0.482 e. The van der Waals surface area contributed by atoms with E-state index in [1.807, 2.05) is 12.1 Å². The van der Waals surface area contributed by atoms with Gasteiger partial charge in [-0.1, -0.05) is 27.5 Å². The highest BCUT2D eigenvalue weighted by molar-refractivity contribution is 9.11. The van der Waals surface area contributed by atoms with E-state index in [2.05, 4.69) is 47.7 Å². The Morgan fingerprint density at radius 2 is 1.86 bits per heavy atom. The van der Waals surface area contributed by atoms with Crippen LogP contribution in [-0.4, -0.2) is 24.6 Å². The summed E-state index contributed by atoms with van der Waals surface area (Å²) in [5.41, 5.74) is 3.99. The van der Waals surface area contributed by atoms with Crippen LogP contribution in [-0.2, 0) is 4.79 Å². The second-order valence-corrected chi connectivity index (χ2v) is 9.33. The maximum atomic E-state index is 12.9. The molecule has 2 N–H and O–H groups in total. The summed E-state index contributed by atoms with van der Waals surface area (Å²) in [4.78, 5) is 24.4. The molecule has 35 heavy (non-hydrogen) atoms. The Morgan fingerprint density at radius 1 is 1.09 bits per heavy atom. The lowest BCUT2D eigenvalue weighted by atomic mass is 10.2. The van der Waals surface area contributed by atoms with E-state index in [4.69, 9.17) is 20.8 Å². The molecular weight excluding hydrogens is 609 g/mol. The number of nitrogens with one attached hydrogen (secondary N) is 2. The number of halogens is 4. The Balaban J connectivity index is 1.32. The molecule has 0 bridgehead atoms. The number of hydrogen-bond acceptors (Lipinski definition) is 5. The summed E-state index contributed by atoms with van der Waals surface area (Å²) in [5.74, 6) is -0.937. The standard InChI is InChI=1S/C24H15Br2ClFN3O4/c25-15-8-14-9-21(35-23(14)18(26)10-15)24(33)31-29-11-13-1-6-20(19(27)7-13)34-12-22(32)30-17-4-2-16(28)3-5-17/h1-11H,12H2,(H,30,32)(H,31,33)/b29-11-. The molecule has 0 fully saturated rings. The van der Waals surface area contributed by atoms with E-state index in [-0.39, 0.29) is 17.4 Å². The zero-order valence-electron chi connectivity index (χ0n) is 17.7. The molecule has 3 aromatic carbocycles. The average molecular weight is 624 g/mol. The Bertz CT molecular complexity index is 1440. The number of furan rings is 1. The molecule has 178 valence electrons. The van der Waals surface area contributed by atoms with Gasteiger partial charge in [-0.25, -0.2) is 9.82 Å². The summed E-state index contributed by atoms with van der Waals surface area (Å²) in [6.07, 6.45) is 1.41. The van der Waals surface area contributed by atoms with Gasteiger partial charge in [-0.3, -0.25) is 9.59 Å². The molecule has 0 aliphatic heterocycles. The van der Waals surface area contributed by atoms with Crippen LogP contribution in [0.1, 0.15) is 16.1 Å². The molecule has 0 aliphatic carbocycles. The monoisotopic (exact) mass is 621 g/mol. The Hall–Kier alpha value is -3.21. The van der Waals surface area contributed by atoms with Gasteiger partial charge in [0.15, 0.2) is 12.4 Å². The summed E-state index contributed by atoms with van der Waals surface area (Å²) in [6.45, 7) is -0.287. The Kier molecular flexibility index (Phi) is 7.84. The molecule has 0 saturated heterocycles. The number of rotatable bonds is 7. The first kappa shape index (κ1) is 24.9. The molecule has 0 atom stereocenters. The van der Waals surface area contributed by atoms with Crippen molar-refractivity contribution in [2.75, 3.05) is 11.9 Å². The molecule has 1 aromatic heterocycles. The molecule has 7 nitrogen and oxygen atoms in total. The van der Waals surface area contributed by atoms with Crippen molar-refractivity contribution in [3.8, 4) is 5.75 Å². The lowest BCUT2D eigenvalue weighted by Gasteiger charge is -2.09. The van der Waals surface area contributed by atoms with E-state index < -0.39 is 17.6 Å². The highest BCUT2D eigenvalue weighted by Crippen LogP contribution is 2.31. The predicted octanol–water partition coefficient (Wildman–Crippen LogP) is 6.53. The molecule has 0 radical (unpaired) electrons. The fraction of sp³-hybridized carbons (Fsp3) is 0.0417. The van der Waals surface area contributed by atoms with Crippen molar-refractivity contribution in [2.45, 2.75) is 0 Å². The largest absolute Gasteiger partial charge is 0.482 e. The number of anilines is 1. The Labute approximate surface area is 220 Å². The van der Waals surface area contributed by atoms with Gasteiger partial charge < -0.3 is 14.5 Å². The zero-order chi connectivity index (χ0) is 24.9. The molecule has 2 amide bonds. The molecular formula is C24H15Br2ClFN3O4. The topological polar surface area (TPSA) is 92.9 Å². The van der Waals surface area contributed by atoms with Crippen LogP contribution in [0, 0.1) is 5.82 Å². The van der Waals surface area contributed by atoms with Crippen molar-refractivity contribution in [3.05, 3.63) is 91.8 Å². The van der Waals surface area contributed by atoms with Crippen molar-refractivity contribution in [1.82, 2.24) is 5.43 Å². The van der Waals surface area contributed by atoms with Crippen LogP contribution in [0.4, 0.5) is 10.1 Å². The molecule has 11 heteroatoms. The van der Waals surface area contributed by atoms with Crippen LogP contribution >= 0.6 is 43.5 Å². The third-order valence-corrected chi connectivity index (χ3v) is 5.92. The summed E-state index contributed by atoms with van der Waals surface area (Å²) in [7, 11) is 0. The maximum Gasteiger partial charge on any atom is 0.307 e. The number of carbonyl (C=O) groups excluding carboxylic acids is 2. The Morgan fingerprint density at radius 3 is 2.60 bits per heavy atom. The fourth-order valence-corrected chi connectivity index (χ4v) is 4.58. The number of fused-ring (bicyclic) bond motifs is 1. The first-order valence-corrected chi connectivity index (χ1v) is 11.9. The van der Waals surface area contributed by atoms with Crippen molar-refractivity contribution < 1.29 is 23.1 Å². The lowest BCUT2D eigenvalue weighted by molar-refractivity contribution is -0.118. The molecule has 0 spiro atoms. The van der Waals surface area contributed by atoms with Crippen LogP contribution in [0.25, 0.3) is 11.0 Å². The van der Waals surface area contributed by atoms with Gasteiger partial charge in [0, 0.05) is 15.5 Å². The van der Waals surface area contributed by atoms with Crippen molar-refractivity contribution in [2.24, 2.45) is 5.10 Å². The number of benzene rings is 3. The molecule has 4 rings (SSSR count). The van der Waals surface area contributed by atoms with Gasteiger partial charge in [0.05, 0.1) is 15.7 Å². The number of hydrogen-bond donors (Lipinski definition) is 2. The average Bonchev–Trinajstić information content (AvgIpc) is 3.25. The quantitative estimate of drug-likeness (QED) is 0.181. The molecule has 0 aliphatic rings. The van der Waals surface area contributed by atoms with Crippen molar-refractivity contribution in [3.63, 3.8) is 0 Å². The van der Waals surface area contributed by atoms with Crippen molar-refractivity contribution in [1.29, 1.82) is 0 Å². The minimum absolute atomic E-state index is 0.108. The zero-order valence-corrected chi connectivity index (χ0v) is 21.6. The number of ether oxygens (including phenoxy) is 1. The number of nitrogens with zero attached hydrogens (tertiary/aromatic N) is 1. The van der Waals surface area contributed by atoms with Crippen LogP contribution < -0.4 is 15.5 Å². The number of hydrazone groups is 1. The molecule has 4 aromatic rings. The second kappa shape index (κ2) is 11.0. The highest BCUT2D eigenvalue weighted by atomic mass is 79.9. The van der Waals surface area contributed by atoms with Crippen LogP contribution in [0.5, 0.6) is 5.75 Å².